The van der Waals surface area contributed by atoms with Crippen molar-refractivity contribution in [2.45, 2.75) is 31.7 Å². The Balaban J connectivity index is 1.22. The minimum atomic E-state index is -0.135. The summed E-state index contributed by atoms with van der Waals surface area (Å²) in [5.41, 5.74) is 1.05. The zero-order chi connectivity index (χ0) is 20.9. The Labute approximate surface area is 177 Å². The van der Waals surface area contributed by atoms with Gasteiger partial charge < -0.3 is 15.5 Å². The molecule has 162 valence electrons. The Hall–Kier alpha value is -2.45. The SMILES string of the molecule is O=C(CN1CCN(CC(=O)N2CCCC2)CC1)Nc1ccccc1C(=O)NC1CC1. The molecule has 1 aliphatic carbocycles. The van der Waals surface area contributed by atoms with E-state index in [0.29, 0.717) is 17.8 Å². The molecule has 1 saturated carbocycles. The van der Waals surface area contributed by atoms with Crippen LogP contribution in [-0.2, 0) is 9.59 Å². The van der Waals surface area contributed by atoms with E-state index in [1.807, 2.05) is 11.0 Å². The van der Waals surface area contributed by atoms with Gasteiger partial charge in [0.1, 0.15) is 0 Å². The van der Waals surface area contributed by atoms with E-state index in [1.54, 1.807) is 18.2 Å². The molecule has 0 bridgehead atoms. The van der Waals surface area contributed by atoms with Crippen molar-refractivity contribution in [3.05, 3.63) is 29.8 Å². The fraction of sp³-hybridized carbons (Fsp3) is 0.591. The maximum Gasteiger partial charge on any atom is 0.253 e. The highest BCUT2D eigenvalue weighted by molar-refractivity contribution is 6.04. The molecule has 4 rings (SSSR count). The van der Waals surface area contributed by atoms with Gasteiger partial charge in [-0.05, 0) is 37.8 Å². The number of hydrogen-bond donors (Lipinski definition) is 2. The molecule has 0 radical (unpaired) electrons. The number of para-hydroxylation sites is 1. The van der Waals surface area contributed by atoms with Gasteiger partial charge in [-0.3, -0.25) is 24.2 Å². The fourth-order valence-corrected chi connectivity index (χ4v) is 4.04. The normalized spacial score (nSPS) is 20.2. The van der Waals surface area contributed by atoms with Crippen molar-refractivity contribution in [3.63, 3.8) is 0 Å². The van der Waals surface area contributed by atoms with Crippen LogP contribution < -0.4 is 10.6 Å². The van der Waals surface area contributed by atoms with Crippen molar-refractivity contribution in [1.82, 2.24) is 20.0 Å². The van der Waals surface area contributed by atoms with Gasteiger partial charge in [-0.2, -0.15) is 0 Å². The lowest BCUT2D eigenvalue weighted by molar-refractivity contribution is -0.132. The third-order valence-corrected chi connectivity index (χ3v) is 6.01. The molecule has 0 atom stereocenters. The highest BCUT2D eigenvalue weighted by atomic mass is 16.2. The molecule has 3 fully saturated rings. The largest absolute Gasteiger partial charge is 0.349 e. The molecule has 3 amide bonds. The Morgan fingerprint density at radius 1 is 0.867 bits per heavy atom. The van der Waals surface area contributed by atoms with Gasteiger partial charge in [0.15, 0.2) is 0 Å². The van der Waals surface area contributed by atoms with Gasteiger partial charge in [-0.25, -0.2) is 0 Å². The fourth-order valence-electron chi connectivity index (χ4n) is 4.04. The summed E-state index contributed by atoms with van der Waals surface area (Å²) in [4.78, 5) is 43.5. The van der Waals surface area contributed by atoms with Crippen LogP contribution in [0.25, 0.3) is 0 Å². The van der Waals surface area contributed by atoms with E-state index >= 15 is 0 Å². The van der Waals surface area contributed by atoms with Gasteiger partial charge in [-0.1, -0.05) is 12.1 Å². The van der Waals surface area contributed by atoms with Crippen LogP contribution in [0.3, 0.4) is 0 Å². The van der Waals surface area contributed by atoms with Gasteiger partial charge in [0.25, 0.3) is 5.91 Å². The monoisotopic (exact) mass is 413 g/mol. The summed E-state index contributed by atoms with van der Waals surface area (Å²) in [7, 11) is 0. The van der Waals surface area contributed by atoms with Gasteiger partial charge in [0.05, 0.1) is 24.3 Å². The molecule has 2 saturated heterocycles. The topological polar surface area (TPSA) is 85.0 Å². The maximum atomic E-state index is 12.6. The van der Waals surface area contributed by atoms with Crippen molar-refractivity contribution in [2.75, 3.05) is 57.7 Å². The van der Waals surface area contributed by atoms with Crippen LogP contribution in [0.5, 0.6) is 0 Å². The first-order valence-electron chi connectivity index (χ1n) is 11.0. The minimum absolute atomic E-state index is 0.122. The van der Waals surface area contributed by atoms with Crippen LogP contribution in [0.15, 0.2) is 24.3 Å². The third kappa shape index (κ3) is 5.58. The van der Waals surface area contributed by atoms with Crippen LogP contribution in [-0.4, -0.2) is 90.8 Å². The van der Waals surface area contributed by atoms with Crippen molar-refractivity contribution in [1.29, 1.82) is 0 Å². The maximum absolute atomic E-state index is 12.6. The first-order valence-corrected chi connectivity index (χ1v) is 11.0. The second-order valence-corrected chi connectivity index (χ2v) is 8.48. The third-order valence-electron chi connectivity index (χ3n) is 6.01. The lowest BCUT2D eigenvalue weighted by atomic mass is 10.1. The average molecular weight is 414 g/mol. The molecule has 1 aromatic carbocycles. The number of carbonyl (C=O) groups is 3. The molecular weight excluding hydrogens is 382 g/mol. The summed E-state index contributed by atoms with van der Waals surface area (Å²) in [6.45, 7) is 5.61. The molecule has 3 aliphatic rings. The summed E-state index contributed by atoms with van der Waals surface area (Å²) >= 11 is 0. The molecular formula is C22H31N5O3. The highest BCUT2D eigenvalue weighted by Gasteiger charge is 2.26. The lowest BCUT2D eigenvalue weighted by Crippen LogP contribution is -2.51. The summed E-state index contributed by atoms with van der Waals surface area (Å²) < 4.78 is 0. The predicted octanol–water partition coefficient (Wildman–Crippen LogP) is 0.757. The van der Waals surface area contributed by atoms with E-state index in [0.717, 1.165) is 65.0 Å². The van der Waals surface area contributed by atoms with Gasteiger partial charge in [0.2, 0.25) is 11.8 Å². The molecule has 0 aromatic heterocycles. The number of likely N-dealkylation sites (tertiary alicyclic amines) is 1. The second-order valence-electron chi connectivity index (χ2n) is 8.48. The number of anilines is 1. The average Bonchev–Trinajstić information content (AvgIpc) is 3.37. The molecule has 8 heteroatoms. The number of nitrogens with zero attached hydrogens (tertiary/aromatic N) is 3. The molecule has 0 unspecified atom stereocenters. The molecule has 30 heavy (non-hydrogen) atoms. The summed E-state index contributed by atoms with van der Waals surface area (Å²) in [6.07, 6.45) is 4.27. The van der Waals surface area contributed by atoms with E-state index in [-0.39, 0.29) is 30.3 Å². The van der Waals surface area contributed by atoms with Gasteiger partial charge >= 0.3 is 0 Å². The second kappa shape index (κ2) is 9.57. The number of rotatable bonds is 7. The highest BCUT2D eigenvalue weighted by Crippen LogP contribution is 2.21. The minimum Gasteiger partial charge on any atom is -0.349 e. The quantitative estimate of drug-likeness (QED) is 0.689. The number of piperazine rings is 1. The predicted molar refractivity (Wildman–Crippen MR) is 114 cm³/mol. The van der Waals surface area contributed by atoms with Crippen molar-refractivity contribution in [3.8, 4) is 0 Å². The summed E-state index contributed by atoms with van der Waals surface area (Å²) in [5, 5.41) is 5.87. The van der Waals surface area contributed by atoms with E-state index < -0.39 is 0 Å². The van der Waals surface area contributed by atoms with E-state index in [9.17, 15) is 14.4 Å². The Kier molecular flexibility index (Phi) is 6.64. The molecule has 1 aromatic rings. The van der Waals surface area contributed by atoms with Crippen LogP contribution in [0.1, 0.15) is 36.0 Å². The summed E-state index contributed by atoms with van der Waals surface area (Å²) in [6, 6.07) is 7.40. The van der Waals surface area contributed by atoms with Crippen LogP contribution in [0, 0.1) is 0 Å². The number of nitrogens with one attached hydrogen (secondary N) is 2. The molecule has 2 aliphatic heterocycles. The Morgan fingerprint density at radius 2 is 1.50 bits per heavy atom. The van der Waals surface area contributed by atoms with Gasteiger partial charge in [0, 0.05) is 45.3 Å². The van der Waals surface area contributed by atoms with Crippen molar-refractivity contribution in [2.24, 2.45) is 0 Å². The van der Waals surface area contributed by atoms with Crippen LogP contribution >= 0.6 is 0 Å². The molecule has 2 N–H and O–H groups in total. The van der Waals surface area contributed by atoms with E-state index in [2.05, 4.69) is 20.4 Å². The lowest BCUT2D eigenvalue weighted by Gasteiger charge is -2.34. The number of carbonyl (C=O) groups excluding carboxylic acids is 3. The smallest absolute Gasteiger partial charge is 0.253 e. The summed E-state index contributed by atoms with van der Waals surface area (Å²) in [5.74, 6) is -0.0345. The number of hydrogen-bond acceptors (Lipinski definition) is 5. The van der Waals surface area contributed by atoms with Gasteiger partial charge in [-0.15, -0.1) is 0 Å². The van der Waals surface area contributed by atoms with Crippen molar-refractivity contribution >= 4 is 23.4 Å². The zero-order valence-electron chi connectivity index (χ0n) is 17.4. The Morgan fingerprint density at radius 3 is 2.17 bits per heavy atom. The number of benzene rings is 1. The molecule has 8 nitrogen and oxygen atoms in total. The molecule has 0 spiro atoms. The number of amides is 3. The first kappa shape index (κ1) is 20.8. The zero-order valence-corrected chi connectivity index (χ0v) is 17.4. The Bertz CT molecular complexity index is 781. The van der Waals surface area contributed by atoms with Crippen LogP contribution in [0.4, 0.5) is 5.69 Å². The van der Waals surface area contributed by atoms with E-state index in [4.69, 9.17) is 0 Å². The van der Waals surface area contributed by atoms with E-state index in [1.165, 1.54) is 0 Å². The van der Waals surface area contributed by atoms with Crippen LogP contribution in [0.2, 0.25) is 0 Å². The molecule has 2 heterocycles. The van der Waals surface area contributed by atoms with Crippen molar-refractivity contribution < 1.29 is 14.4 Å². The standard InChI is InChI=1S/C22H31N5O3/c28-20(24-19-6-2-1-5-18(19)22(30)23-17-7-8-17)15-25-11-13-26(14-12-25)16-21(29)27-9-3-4-10-27/h1-2,5-6,17H,3-4,7-16H2,(H,23,30)(H,24,28). The first-order chi connectivity index (χ1) is 14.6.